The van der Waals surface area contributed by atoms with E-state index in [9.17, 15) is 24.0 Å². The van der Waals surface area contributed by atoms with Gasteiger partial charge < -0.3 is 15.4 Å². The highest BCUT2D eigenvalue weighted by Gasteiger charge is 2.53. The van der Waals surface area contributed by atoms with Gasteiger partial charge in [-0.15, -0.1) is 0 Å². The van der Waals surface area contributed by atoms with Crippen LogP contribution in [0.15, 0.2) is 24.3 Å². The fourth-order valence-electron chi connectivity index (χ4n) is 4.47. The third kappa shape index (κ3) is 5.58. The van der Waals surface area contributed by atoms with Gasteiger partial charge in [-0.05, 0) is 56.1 Å². The van der Waals surface area contributed by atoms with Gasteiger partial charge in [-0.25, -0.2) is 4.79 Å². The van der Waals surface area contributed by atoms with Gasteiger partial charge in [0.05, 0.1) is 0 Å². The van der Waals surface area contributed by atoms with Crippen molar-refractivity contribution >= 4 is 35.3 Å². The first-order valence-corrected chi connectivity index (χ1v) is 11.1. The second kappa shape index (κ2) is 9.33. The van der Waals surface area contributed by atoms with Crippen molar-refractivity contribution in [1.82, 2.24) is 10.2 Å². The molecule has 2 N–H and O–H groups in total. The molecular weight excluding hydrogens is 426 g/mol. The summed E-state index contributed by atoms with van der Waals surface area (Å²) in [5.41, 5.74) is 0.00242. The van der Waals surface area contributed by atoms with Crippen LogP contribution in [0.4, 0.5) is 10.5 Å². The molecule has 1 aromatic rings. The molecule has 1 aromatic carbocycles. The molecule has 0 aromatic heterocycles. The summed E-state index contributed by atoms with van der Waals surface area (Å²) in [5.74, 6) is -1.55. The zero-order valence-electron chi connectivity index (χ0n) is 19.5. The summed E-state index contributed by atoms with van der Waals surface area (Å²) in [6, 6.07) is 5.76. The molecule has 9 heteroatoms. The number of esters is 1. The maximum atomic E-state index is 13.0. The number of Topliss-reactive ketones (excluding diaryl/α,β-unsaturated/α-hetero) is 1. The number of ether oxygens (including phenoxy) is 1. The topological polar surface area (TPSA) is 122 Å². The third-order valence-electron chi connectivity index (χ3n) is 6.51. The summed E-state index contributed by atoms with van der Waals surface area (Å²) in [4.78, 5) is 62.0. The number of benzene rings is 1. The van der Waals surface area contributed by atoms with Crippen molar-refractivity contribution in [2.45, 2.75) is 58.9 Å². The zero-order chi connectivity index (χ0) is 24.4. The van der Waals surface area contributed by atoms with Crippen molar-refractivity contribution in [2.75, 3.05) is 18.5 Å². The monoisotopic (exact) mass is 457 g/mol. The van der Waals surface area contributed by atoms with Crippen LogP contribution in [0, 0.1) is 11.3 Å². The lowest BCUT2D eigenvalue weighted by atomic mass is 9.67. The molecule has 9 nitrogen and oxygen atoms in total. The van der Waals surface area contributed by atoms with E-state index in [4.69, 9.17) is 4.74 Å². The Bertz CT molecular complexity index is 973. The van der Waals surface area contributed by atoms with Crippen LogP contribution in [0.25, 0.3) is 0 Å². The lowest BCUT2D eigenvalue weighted by molar-refractivity contribution is -0.150. The van der Waals surface area contributed by atoms with E-state index in [2.05, 4.69) is 31.4 Å². The molecule has 1 aliphatic carbocycles. The number of rotatable bonds is 6. The molecule has 0 bridgehead atoms. The number of nitrogens with one attached hydrogen (secondary N) is 2. The highest BCUT2D eigenvalue weighted by molar-refractivity contribution is 6.08. The predicted octanol–water partition coefficient (Wildman–Crippen LogP) is 2.90. The first kappa shape index (κ1) is 24.4. The van der Waals surface area contributed by atoms with Crippen molar-refractivity contribution in [3.8, 4) is 0 Å². The maximum absolute atomic E-state index is 13.0. The highest BCUT2D eigenvalue weighted by Crippen LogP contribution is 2.43. The lowest BCUT2D eigenvalue weighted by Crippen LogP contribution is -2.50. The minimum absolute atomic E-state index is 0.130. The van der Waals surface area contributed by atoms with Crippen LogP contribution < -0.4 is 10.6 Å². The fraction of sp³-hybridized carbons (Fsp3) is 0.542. The van der Waals surface area contributed by atoms with Crippen molar-refractivity contribution < 1.29 is 28.7 Å². The van der Waals surface area contributed by atoms with E-state index in [0.717, 1.165) is 17.7 Å². The minimum Gasteiger partial charge on any atom is -0.454 e. The van der Waals surface area contributed by atoms with Crippen molar-refractivity contribution in [3.05, 3.63) is 29.8 Å². The number of ketones is 1. The largest absolute Gasteiger partial charge is 0.454 e. The normalized spacial score (nSPS) is 22.8. The molecule has 4 amide bonds. The predicted molar refractivity (Wildman–Crippen MR) is 120 cm³/mol. The van der Waals surface area contributed by atoms with Gasteiger partial charge in [0.15, 0.2) is 12.4 Å². The van der Waals surface area contributed by atoms with Gasteiger partial charge in [-0.2, -0.15) is 0 Å². The van der Waals surface area contributed by atoms with E-state index < -0.39 is 42.5 Å². The molecule has 0 unspecified atom stereocenters. The van der Waals surface area contributed by atoms with Crippen LogP contribution in [-0.2, 0) is 19.1 Å². The molecule has 1 saturated heterocycles. The maximum Gasteiger partial charge on any atom is 0.326 e. The van der Waals surface area contributed by atoms with Gasteiger partial charge in [0.1, 0.15) is 12.1 Å². The summed E-state index contributed by atoms with van der Waals surface area (Å²) in [5, 5.41) is 5.32. The molecule has 0 atom stereocenters. The van der Waals surface area contributed by atoms with Crippen LogP contribution in [0.2, 0.25) is 0 Å². The Kier molecular flexibility index (Phi) is 6.90. The summed E-state index contributed by atoms with van der Waals surface area (Å²) < 4.78 is 4.96. The van der Waals surface area contributed by atoms with E-state index in [-0.39, 0.29) is 11.2 Å². The second-order valence-electron chi connectivity index (χ2n) is 9.89. The molecule has 1 aliphatic heterocycles. The third-order valence-corrected chi connectivity index (χ3v) is 6.51. The first-order chi connectivity index (χ1) is 15.4. The smallest absolute Gasteiger partial charge is 0.326 e. The molecule has 33 heavy (non-hydrogen) atoms. The average Bonchev–Trinajstić information content (AvgIpc) is 2.96. The Morgan fingerprint density at radius 1 is 1.18 bits per heavy atom. The molecule has 1 spiro atoms. The van der Waals surface area contributed by atoms with Crippen LogP contribution in [0.1, 0.15) is 63.7 Å². The summed E-state index contributed by atoms with van der Waals surface area (Å²) >= 11 is 0. The SMILES string of the molecule is CC(=O)c1cccc(NC(=O)COC(=O)CN2C(=O)NC3(CCC(C(C)(C)C)CC3)C2=O)c1. The van der Waals surface area contributed by atoms with Crippen molar-refractivity contribution in [2.24, 2.45) is 11.3 Å². The zero-order valence-corrected chi connectivity index (χ0v) is 19.5. The molecule has 1 heterocycles. The van der Waals surface area contributed by atoms with Gasteiger partial charge in [0.2, 0.25) is 0 Å². The Morgan fingerprint density at radius 2 is 1.85 bits per heavy atom. The minimum atomic E-state index is -0.960. The number of carbonyl (C=O) groups excluding carboxylic acids is 5. The summed E-state index contributed by atoms with van der Waals surface area (Å²) in [7, 11) is 0. The Balaban J connectivity index is 1.51. The average molecular weight is 458 g/mol. The van der Waals surface area contributed by atoms with Crippen molar-refractivity contribution in [3.63, 3.8) is 0 Å². The fourth-order valence-corrected chi connectivity index (χ4v) is 4.47. The standard InChI is InChI=1S/C24H31N3O6/c1-15(28)16-6-5-7-18(12-16)25-19(29)14-33-20(30)13-27-21(31)24(26-22(27)32)10-8-17(9-11-24)23(2,3)4/h5-7,12,17H,8-11,13-14H2,1-4H3,(H,25,29)(H,26,32). The molecule has 2 aliphatic rings. The number of hydrogen-bond donors (Lipinski definition) is 2. The van der Waals surface area contributed by atoms with Crippen LogP contribution in [0.5, 0.6) is 0 Å². The van der Waals surface area contributed by atoms with Crippen LogP contribution in [0.3, 0.4) is 0 Å². The van der Waals surface area contributed by atoms with Gasteiger partial charge >= 0.3 is 12.0 Å². The molecule has 178 valence electrons. The number of anilines is 1. The summed E-state index contributed by atoms with van der Waals surface area (Å²) in [6.45, 7) is 6.79. The van der Waals surface area contributed by atoms with E-state index in [0.29, 0.717) is 30.0 Å². The summed E-state index contributed by atoms with van der Waals surface area (Å²) in [6.07, 6.45) is 2.71. The quantitative estimate of drug-likeness (QED) is 0.385. The van der Waals surface area contributed by atoms with E-state index in [1.165, 1.54) is 13.0 Å². The van der Waals surface area contributed by atoms with E-state index in [1.54, 1.807) is 18.2 Å². The van der Waals surface area contributed by atoms with Gasteiger partial charge in [-0.1, -0.05) is 32.9 Å². The van der Waals surface area contributed by atoms with E-state index in [1.807, 2.05) is 0 Å². The molecule has 2 fully saturated rings. The van der Waals surface area contributed by atoms with Crippen molar-refractivity contribution in [1.29, 1.82) is 0 Å². The molecule has 0 radical (unpaired) electrons. The van der Waals surface area contributed by atoms with Crippen LogP contribution in [-0.4, -0.2) is 53.2 Å². The van der Waals surface area contributed by atoms with E-state index >= 15 is 0 Å². The molecular formula is C24H31N3O6. The Morgan fingerprint density at radius 3 is 2.45 bits per heavy atom. The molecule has 1 saturated carbocycles. The first-order valence-electron chi connectivity index (χ1n) is 11.1. The second-order valence-corrected chi connectivity index (χ2v) is 9.89. The molecule has 3 rings (SSSR count). The lowest BCUT2D eigenvalue weighted by Gasteiger charge is -2.40. The number of carbonyl (C=O) groups is 5. The Labute approximate surface area is 193 Å². The number of amides is 4. The number of imide groups is 1. The van der Waals surface area contributed by atoms with Gasteiger partial charge in [0, 0.05) is 11.3 Å². The highest BCUT2D eigenvalue weighted by atomic mass is 16.5. The van der Waals surface area contributed by atoms with Crippen LogP contribution >= 0.6 is 0 Å². The van der Waals surface area contributed by atoms with Gasteiger partial charge in [0.25, 0.3) is 11.8 Å². The Hall–Kier alpha value is -3.23. The van der Waals surface area contributed by atoms with Gasteiger partial charge in [-0.3, -0.25) is 24.1 Å². The number of nitrogens with zero attached hydrogens (tertiary/aromatic N) is 1. The number of urea groups is 1. The number of hydrogen-bond acceptors (Lipinski definition) is 6.